The first-order chi connectivity index (χ1) is 15.9. The number of nitrogens with zero attached hydrogens (tertiary/aromatic N) is 3. The Balaban J connectivity index is 2.09. The Hall–Kier alpha value is -3.47. The van der Waals surface area contributed by atoms with Gasteiger partial charge in [-0.25, -0.2) is 13.1 Å². The van der Waals surface area contributed by atoms with E-state index in [4.69, 9.17) is 0 Å². The molecule has 11 heteroatoms. The molecule has 0 radical (unpaired) electrons. The van der Waals surface area contributed by atoms with E-state index in [1.807, 2.05) is 6.92 Å². The SMILES string of the molecule is CCC(=O)N(C(=O)CC)S(=O)(=O)c1ccc(-n2nc(C(F)(F)F)cc2-c2ccc(C)cc2)cc1. The summed E-state index contributed by atoms with van der Waals surface area (Å²) in [5.74, 6) is -1.75. The number of sulfonamides is 1. The molecule has 0 aliphatic carbocycles. The van der Waals surface area contributed by atoms with Crippen molar-refractivity contribution in [3.05, 3.63) is 65.9 Å². The summed E-state index contributed by atoms with van der Waals surface area (Å²) in [5, 5.41) is 3.68. The number of aryl methyl sites for hydroxylation is 1. The van der Waals surface area contributed by atoms with E-state index in [-0.39, 0.29) is 33.4 Å². The van der Waals surface area contributed by atoms with Gasteiger partial charge in [-0.1, -0.05) is 43.7 Å². The molecule has 1 aromatic heterocycles. The number of hydrogen-bond acceptors (Lipinski definition) is 5. The third-order valence-electron chi connectivity index (χ3n) is 5.02. The quantitative estimate of drug-likeness (QED) is 0.495. The minimum absolute atomic E-state index is 0.159. The number of benzene rings is 2. The van der Waals surface area contributed by atoms with Crippen molar-refractivity contribution in [1.29, 1.82) is 0 Å². The lowest BCUT2D eigenvalue weighted by molar-refractivity contribution is -0.141. The van der Waals surface area contributed by atoms with Gasteiger partial charge in [0, 0.05) is 18.4 Å². The van der Waals surface area contributed by atoms with Gasteiger partial charge < -0.3 is 0 Å². The topological polar surface area (TPSA) is 89.3 Å². The zero-order valence-corrected chi connectivity index (χ0v) is 19.4. The van der Waals surface area contributed by atoms with Crippen molar-refractivity contribution in [1.82, 2.24) is 14.1 Å². The Labute approximate surface area is 194 Å². The lowest BCUT2D eigenvalue weighted by atomic mass is 10.1. The van der Waals surface area contributed by atoms with Crippen LogP contribution in [0, 0.1) is 6.92 Å². The van der Waals surface area contributed by atoms with E-state index in [9.17, 15) is 31.2 Å². The summed E-state index contributed by atoms with van der Waals surface area (Å²) in [4.78, 5) is 23.9. The molecular weight excluding hydrogens is 471 g/mol. The highest BCUT2D eigenvalue weighted by Gasteiger charge is 2.36. The molecule has 2 amide bonds. The predicted molar refractivity (Wildman–Crippen MR) is 118 cm³/mol. The highest BCUT2D eigenvalue weighted by Crippen LogP contribution is 2.33. The van der Waals surface area contributed by atoms with Crippen molar-refractivity contribution in [2.45, 2.75) is 44.7 Å². The monoisotopic (exact) mass is 493 g/mol. The molecule has 3 rings (SSSR count). The van der Waals surface area contributed by atoms with Crippen molar-refractivity contribution in [3.63, 3.8) is 0 Å². The van der Waals surface area contributed by atoms with Crippen LogP contribution < -0.4 is 0 Å². The zero-order chi connectivity index (χ0) is 25.3. The van der Waals surface area contributed by atoms with Crippen molar-refractivity contribution in [3.8, 4) is 16.9 Å². The van der Waals surface area contributed by atoms with E-state index < -0.39 is 33.7 Å². The molecule has 0 spiro atoms. The van der Waals surface area contributed by atoms with Crippen molar-refractivity contribution >= 4 is 21.8 Å². The van der Waals surface area contributed by atoms with Crippen molar-refractivity contribution in [2.24, 2.45) is 0 Å². The molecule has 0 aliphatic heterocycles. The summed E-state index contributed by atoms with van der Waals surface area (Å²) in [5.41, 5.74) is 0.631. The molecule has 0 aliphatic rings. The second-order valence-electron chi connectivity index (χ2n) is 7.45. The van der Waals surface area contributed by atoms with Crippen molar-refractivity contribution < 1.29 is 31.2 Å². The minimum atomic E-state index is -4.69. The number of carbonyl (C=O) groups excluding carboxylic acids is 2. The van der Waals surface area contributed by atoms with Gasteiger partial charge in [0.05, 0.1) is 16.3 Å². The van der Waals surface area contributed by atoms with Crippen LogP contribution in [0.1, 0.15) is 37.9 Å². The number of halogens is 3. The number of imide groups is 1. The highest BCUT2D eigenvalue weighted by molar-refractivity contribution is 7.90. The van der Waals surface area contributed by atoms with Gasteiger partial charge in [-0.2, -0.15) is 22.6 Å². The van der Waals surface area contributed by atoms with E-state index in [0.717, 1.165) is 28.4 Å². The van der Waals surface area contributed by atoms with Crippen LogP contribution in [-0.4, -0.2) is 34.3 Å². The summed E-state index contributed by atoms with van der Waals surface area (Å²) in [6.07, 6.45) is -5.08. The standard InChI is InChI=1S/C23H22F3N3O4S/c1-4-21(30)29(22(31)5-2)34(32,33)18-12-10-17(11-13-18)28-19(14-20(27-28)23(24,25)26)16-8-6-15(3)7-9-16/h6-14H,4-5H2,1-3H3. The molecule has 0 N–H and O–H groups in total. The van der Waals surface area contributed by atoms with Crippen LogP contribution in [0.15, 0.2) is 59.5 Å². The molecular formula is C23H22F3N3O4S. The third-order valence-corrected chi connectivity index (χ3v) is 6.78. The Morgan fingerprint density at radius 3 is 1.94 bits per heavy atom. The summed E-state index contributed by atoms with van der Waals surface area (Å²) in [6, 6.07) is 12.5. The zero-order valence-electron chi connectivity index (χ0n) is 18.6. The molecule has 0 unspecified atom stereocenters. The largest absolute Gasteiger partial charge is 0.435 e. The number of rotatable bonds is 6. The fourth-order valence-electron chi connectivity index (χ4n) is 3.21. The van der Waals surface area contributed by atoms with E-state index in [2.05, 4.69) is 5.10 Å². The average Bonchev–Trinajstić information content (AvgIpc) is 3.25. The van der Waals surface area contributed by atoms with Crippen LogP contribution in [0.5, 0.6) is 0 Å². The minimum Gasteiger partial charge on any atom is -0.273 e. The summed E-state index contributed by atoms with van der Waals surface area (Å²) in [7, 11) is -4.48. The van der Waals surface area contributed by atoms with Crippen LogP contribution in [0.2, 0.25) is 0 Å². The third kappa shape index (κ3) is 4.89. The molecule has 7 nitrogen and oxygen atoms in total. The second-order valence-corrected chi connectivity index (χ2v) is 9.24. The Morgan fingerprint density at radius 2 is 1.47 bits per heavy atom. The van der Waals surface area contributed by atoms with Crippen LogP contribution in [-0.2, 0) is 25.8 Å². The van der Waals surface area contributed by atoms with Gasteiger partial charge in [0.15, 0.2) is 5.69 Å². The molecule has 2 aromatic carbocycles. The second kappa shape index (κ2) is 9.41. The molecule has 0 saturated carbocycles. The van der Waals surface area contributed by atoms with E-state index >= 15 is 0 Å². The van der Waals surface area contributed by atoms with E-state index in [0.29, 0.717) is 5.56 Å². The fourth-order valence-corrected chi connectivity index (χ4v) is 4.69. The molecule has 0 saturated heterocycles. The molecule has 180 valence electrons. The van der Waals surface area contributed by atoms with Crippen LogP contribution in [0.3, 0.4) is 0 Å². The van der Waals surface area contributed by atoms with Crippen LogP contribution in [0.25, 0.3) is 16.9 Å². The number of hydrogen-bond donors (Lipinski definition) is 0. The summed E-state index contributed by atoms with van der Waals surface area (Å²) >= 11 is 0. The molecule has 34 heavy (non-hydrogen) atoms. The number of carbonyl (C=O) groups is 2. The Kier molecular flexibility index (Phi) is 6.97. The van der Waals surface area contributed by atoms with Crippen LogP contribution >= 0.6 is 0 Å². The van der Waals surface area contributed by atoms with Gasteiger partial charge in [0.1, 0.15) is 0 Å². The molecule has 0 fully saturated rings. The average molecular weight is 494 g/mol. The normalized spacial score (nSPS) is 11.9. The maximum absolute atomic E-state index is 13.4. The smallest absolute Gasteiger partial charge is 0.273 e. The molecule has 0 bridgehead atoms. The predicted octanol–water partition coefficient (Wildman–Crippen LogP) is 4.73. The van der Waals surface area contributed by atoms with Gasteiger partial charge in [-0.3, -0.25) is 9.59 Å². The summed E-state index contributed by atoms with van der Waals surface area (Å²) in [6.45, 7) is 4.70. The number of aromatic nitrogens is 2. The maximum Gasteiger partial charge on any atom is 0.435 e. The lowest BCUT2D eigenvalue weighted by Gasteiger charge is -2.20. The van der Waals surface area contributed by atoms with Gasteiger partial charge in [-0.05, 0) is 37.3 Å². The molecule has 3 aromatic rings. The van der Waals surface area contributed by atoms with Crippen molar-refractivity contribution in [2.75, 3.05) is 0 Å². The Morgan fingerprint density at radius 1 is 0.941 bits per heavy atom. The molecule has 0 atom stereocenters. The number of amides is 2. The lowest BCUT2D eigenvalue weighted by Crippen LogP contribution is -2.41. The first-order valence-electron chi connectivity index (χ1n) is 10.4. The first-order valence-corrected chi connectivity index (χ1v) is 11.8. The van der Waals surface area contributed by atoms with Gasteiger partial charge in [0.2, 0.25) is 11.8 Å². The number of alkyl halides is 3. The van der Waals surface area contributed by atoms with Gasteiger partial charge >= 0.3 is 6.18 Å². The Bertz CT molecular complexity index is 1300. The van der Waals surface area contributed by atoms with E-state index in [1.165, 1.54) is 26.0 Å². The van der Waals surface area contributed by atoms with Crippen LogP contribution in [0.4, 0.5) is 13.2 Å². The first kappa shape index (κ1) is 25.2. The molecule has 1 heterocycles. The fraction of sp³-hybridized carbons (Fsp3) is 0.261. The van der Waals surface area contributed by atoms with E-state index in [1.54, 1.807) is 24.3 Å². The highest BCUT2D eigenvalue weighted by atomic mass is 32.2. The summed E-state index contributed by atoms with van der Waals surface area (Å²) < 4.78 is 67.3. The maximum atomic E-state index is 13.4. The van der Waals surface area contributed by atoms with Gasteiger partial charge in [-0.15, -0.1) is 0 Å². The van der Waals surface area contributed by atoms with Gasteiger partial charge in [0.25, 0.3) is 10.0 Å².